The van der Waals surface area contributed by atoms with Crippen LogP contribution in [0, 0.1) is 0 Å². The number of hydrogen-bond donors (Lipinski definition) is 2. The van der Waals surface area contributed by atoms with Crippen LogP contribution in [0.1, 0.15) is 65.5 Å². The largest absolute Gasteiger partial charge is 0.425 e. The summed E-state index contributed by atoms with van der Waals surface area (Å²) in [5, 5.41) is 24.9. The fourth-order valence-corrected chi connectivity index (χ4v) is 7.35. The van der Waals surface area contributed by atoms with E-state index in [4.69, 9.17) is 9.47 Å². The molecule has 36 heavy (non-hydrogen) atoms. The maximum Gasteiger partial charge on any atom is 0.425 e. The smallest absolute Gasteiger partial charge is 0.392 e. The first kappa shape index (κ1) is 26.1. The Hall–Kier alpha value is -1.50. The Kier molecular flexibility index (Phi) is 7.25. The minimum absolute atomic E-state index is 0.0260. The minimum atomic E-state index is -4.48. The highest BCUT2D eigenvalue weighted by molar-refractivity contribution is 7.12. The molecule has 2 N–H and O–H groups in total. The Morgan fingerprint density at radius 3 is 2.69 bits per heavy atom. The lowest BCUT2D eigenvalue weighted by Gasteiger charge is -2.47. The molecule has 2 aromatic rings. The summed E-state index contributed by atoms with van der Waals surface area (Å²) < 4.78 is 54.4. The van der Waals surface area contributed by atoms with E-state index < -0.39 is 28.9 Å². The zero-order chi connectivity index (χ0) is 25.6. The molecule has 0 bridgehead atoms. The molecule has 0 aromatic carbocycles. The number of aromatic nitrogens is 2. The van der Waals surface area contributed by atoms with Crippen LogP contribution in [-0.4, -0.2) is 62.9 Å². The number of aliphatic hydroxyl groups excluding tert-OH is 1. The first-order valence-electron chi connectivity index (χ1n) is 12.6. The molecule has 5 rings (SSSR count). The zero-order valence-corrected chi connectivity index (χ0v) is 21.3. The van der Waals surface area contributed by atoms with E-state index in [-0.39, 0.29) is 11.6 Å². The molecule has 3 aliphatic heterocycles. The number of rotatable bonds is 6. The summed E-state index contributed by atoms with van der Waals surface area (Å²) in [4.78, 5) is 2.28. The lowest BCUT2D eigenvalue weighted by Crippen LogP contribution is -2.50. The second kappa shape index (κ2) is 9.99. The predicted octanol–water partition coefficient (Wildman–Crippen LogP) is 3.84. The van der Waals surface area contributed by atoms with Gasteiger partial charge < -0.3 is 19.7 Å². The summed E-state index contributed by atoms with van der Waals surface area (Å²) in [5.74, 6) is 0. The highest BCUT2D eigenvalue weighted by atomic mass is 32.1. The Morgan fingerprint density at radius 2 is 2.00 bits per heavy atom. The SMILES string of the molecule is C[C@H]1C[C@@]2(CCN1Cc1cnn(CCC3(O)CCOCC3)c1)OCCc1c2sc(C(F)(F)F)c1CO. The highest BCUT2D eigenvalue weighted by Gasteiger charge is 2.48. The Balaban J connectivity index is 1.25. The van der Waals surface area contributed by atoms with Crippen molar-refractivity contribution >= 4 is 11.3 Å². The number of alkyl halides is 3. The number of nitrogens with zero attached hydrogens (tertiary/aromatic N) is 3. The molecule has 2 atom stereocenters. The molecule has 3 aliphatic rings. The van der Waals surface area contributed by atoms with Gasteiger partial charge in [-0.2, -0.15) is 18.3 Å². The van der Waals surface area contributed by atoms with Crippen LogP contribution in [0.2, 0.25) is 0 Å². The van der Waals surface area contributed by atoms with Crippen LogP contribution in [-0.2, 0) is 47.4 Å². The van der Waals surface area contributed by atoms with Crippen LogP contribution in [0.4, 0.5) is 13.2 Å². The summed E-state index contributed by atoms with van der Waals surface area (Å²) in [6.45, 7) is 5.06. The van der Waals surface area contributed by atoms with Gasteiger partial charge in [-0.05, 0) is 51.0 Å². The van der Waals surface area contributed by atoms with Crippen LogP contribution in [0.3, 0.4) is 0 Å². The predicted molar refractivity (Wildman–Crippen MR) is 128 cm³/mol. The Labute approximate surface area is 212 Å². The van der Waals surface area contributed by atoms with E-state index in [1.165, 1.54) is 0 Å². The second-order valence-electron chi connectivity index (χ2n) is 10.4. The first-order valence-corrected chi connectivity index (χ1v) is 13.5. The maximum absolute atomic E-state index is 13.7. The normalized spacial score (nSPS) is 26.9. The van der Waals surface area contributed by atoms with Gasteiger partial charge in [-0.15, -0.1) is 11.3 Å². The highest BCUT2D eigenvalue weighted by Crippen LogP contribution is 2.51. The van der Waals surface area contributed by atoms with E-state index >= 15 is 0 Å². The first-order chi connectivity index (χ1) is 17.1. The molecular formula is C25H34F3N3O4S. The Morgan fingerprint density at radius 1 is 1.22 bits per heavy atom. The van der Waals surface area contributed by atoms with Crippen molar-refractivity contribution in [2.75, 3.05) is 26.4 Å². The average molecular weight is 530 g/mol. The molecule has 2 aromatic heterocycles. The van der Waals surface area contributed by atoms with Gasteiger partial charge in [0.25, 0.3) is 0 Å². The third kappa shape index (κ3) is 5.10. The molecule has 0 unspecified atom stereocenters. The number of piperidine rings is 1. The van der Waals surface area contributed by atoms with Crippen molar-refractivity contribution in [3.05, 3.63) is 38.8 Å². The molecule has 1 spiro atoms. The van der Waals surface area contributed by atoms with Gasteiger partial charge in [0.05, 0.1) is 25.0 Å². The number of hydrogen-bond acceptors (Lipinski definition) is 7. The molecule has 11 heteroatoms. The van der Waals surface area contributed by atoms with Crippen LogP contribution >= 0.6 is 11.3 Å². The van der Waals surface area contributed by atoms with Crippen LogP contribution in [0.15, 0.2) is 12.4 Å². The van der Waals surface area contributed by atoms with Crippen molar-refractivity contribution in [1.29, 1.82) is 0 Å². The topological polar surface area (TPSA) is 80.0 Å². The number of halogens is 3. The van der Waals surface area contributed by atoms with E-state index in [1.54, 1.807) is 0 Å². The lowest BCUT2D eigenvalue weighted by molar-refractivity contribution is -0.135. The zero-order valence-electron chi connectivity index (χ0n) is 20.5. The van der Waals surface area contributed by atoms with Crippen molar-refractivity contribution in [2.45, 2.75) is 88.6 Å². The van der Waals surface area contributed by atoms with E-state index in [9.17, 15) is 23.4 Å². The van der Waals surface area contributed by atoms with Gasteiger partial charge in [-0.1, -0.05) is 0 Å². The van der Waals surface area contributed by atoms with Gasteiger partial charge in [-0.3, -0.25) is 9.58 Å². The summed E-state index contributed by atoms with van der Waals surface area (Å²) in [7, 11) is 0. The third-order valence-corrected chi connectivity index (χ3v) is 9.53. The van der Waals surface area contributed by atoms with Crippen molar-refractivity contribution < 1.29 is 32.9 Å². The number of thiophene rings is 1. The van der Waals surface area contributed by atoms with E-state index in [2.05, 4.69) is 16.9 Å². The molecule has 0 radical (unpaired) electrons. The molecule has 2 fully saturated rings. The number of aryl methyl sites for hydroxylation is 1. The van der Waals surface area contributed by atoms with E-state index in [0.717, 1.165) is 16.9 Å². The van der Waals surface area contributed by atoms with Crippen molar-refractivity contribution in [3.8, 4) is 0 Å². The standard InChI is InChI=1S/C25H34F3N3O4S/c1-17-12-24(21-19(2-9-35-24)20(16-32)22(36-21)25(26,27)28)4-7-30(17)14-18-13-29-31(15-18)8-3-23(33)5-10-34-11-6-23/h13,15,17,32-33H,2-12,14,16H2,1H3/t17-,24+/m0/s1. The Bertz CT molecular complexity index is 1070. The minimum Gasteiger partial charge on any atom is -0.392 e. The van der Waals surface area contributed by atoms with Crippen LogP contribution in [0.25, 0.3) is 0 Å². The molecular weight excluding hydrogens is 495 g/mol. The molecule has 5 heterocycles. The molecule has 200 valence electrons. The molecule has 0 amide bonds. The quantitative estimate of drug-likeness (QED) is 0.592. The third-order valence-electron chi connectivity index (χ3n) is 8.03. The number of ether oxygens (including phenoxy) is 2. The number of fused-ring (bicyclic) bond motifs is 2. The van der Waals surface area contributed by atoms with E-state index in [1.807, 2.05) is 17.1 Å². The maximum atomic E-state index is 13.7. The number of likely N-dealkylation sites (tertiary alicyclic amines) is 1. The summed E-state index contributed by atoms with van der Waals surface area (Å²) in [5.41, 5.74) is 0.306. The second-order valence-corrected chi connectivity index (χ2v) is 11.5. The molecule has 7 nitrogen and oxygen atoms in total. The van der Waals surface area contributed by atoms with Gasteiger partial charge in [0.1, 0.15) is 10.5 Å². The van der Waals surface area contributed by atoms with Gasteiger partial charge >= 0.3 is 6.18 Å². The van der Waals surface area contributed by atoms with Gasteiger partial charge in [0.15, 0.2) is 0 Å². The fraction of sp³-hybridized carbons (Fsp3) is 0.720. The average Bonchev–Trinajstić information content (AvgIpc) is 3.45. The molecule has 0 saturated carbocycles. The van der Waals surface area contributed by atoms with Crippen LogP contribution in [0.5, 0.6) is 0 Å². The molecule has 0 aliphatic carbocycles. The lowest BCUT2D eigenvalue weighted by atomic mass is 9.81. The fourth-order valence-electron chi connectivity index (χ4n) is 5.94. The summed E-state index contributed by atoms with van der Waals surface area (Å²) in [6.07, 6.45) is 2.92. The van der Waals surface area contributed by atoms with Crippen LogP contribution < -0.4 is 0 Å². The summed E-state index contributed by atoms with van der Waals surface area (Å²) in [6, 6.07) is 0.102. The van der Waals surface area contributed by atoms with Gasteiger partial charge in [0.2, 0.25) is 0 Å². The van der Waals surface area contributed by atoms with Crippen molar-refractivity contribution in [2.24, 2.45) is 0 Å². The summed E-state index contributed by atoms with van der Waals surface area (Å²) >= 11 is 0.756. The number of aliphatic hydroxyl groups is 2. The van der Waals surface area contributed by atoms with Gasteiger partial charge in [-0.25, -0.2) is 0 Å². The monoisotopic (exact) mass is 529 g/mol. The van der Waals surface area contributed by atoms with Crippen molar-refractivity contribution in [3.63, 3.8) is 0 Å². The van der Waals surface area contributed by atoms with Crippen molar-refractivity contribution in [1.82, 2.24) is 14.7 Å². The molecule has 2 saturated heterocycles. The van der Waals surface area contributed by atoms with E-state index in [0.29, 0.717) is 88.4 Å². The van der Waals surface area contributed by atoms with Gasteiger partial charge in [0, 0.05) is 61.1 Å².